The third-order valence-electron chi connectivity index (χ3n) is 2.24. The van der Waals surface area contributed by atoms with Gasteiger partial charge in [-0.25, -0.2) is 9.78 Å². The molecule has 0 radical (unpaired) electrons. The van der Waals surface area contributed by atoms with E-state index < -0.39 is 5.97 Å². The van der Waals surface area contributed by atoms with Crippen LogP contribution in [0.5, 0.6) is 0 Å². The zero-order valence-electron chi connectivity index (χ0n) is 9.64. The Balaban J connectivity index is 1.96. The second-order valence-electron chi connectivity index (χ2n) is 3.48. The van der Waals surface area contributed by atoms with Gasteiger partial charge < -0.3 is 14.5 Å². The Bertz CT molecular complexity index is 537. The lowest BCUT2D eigenvalue weighted by molar-refractivity contribution is 0.0563. The molecule has 18 heavy (non-hydrogen) atoms. The molecule has 5 nitrogen and oxygen atoms in total. The summed E-state index contributed by atoms with van der Waals surface area (Å²) in [5.41, 5.74) is 0.815. The minimum Gasteiger partial charge on any atom is -0.463 e. The number of anilines is 1. The van der Waals surface area contributed by atoms with E-state index in [9.17, 15) is 4.79 Å². The van der Waals surface area contributed by atoms with Gasteiger partial charge in [0.25, 0.3) is 0 Å². The van der Waals surface area contributed by atoms with Gasteiger partial charge in [0.05, 0.1) is 25.5 Å². The number of aromatic nitrogens is 1. The highest BCUT2D eigenvalue weighted by atomic mass is 35.5. The lowest BCUT2D eigenvalue weighted by Crippen LogP contribution is -2.00. The van der Waals surface area contributed by atoms with Gasteiger partial charge in [-0.2, -0.15) is 0 Å². The molecule has 0 saturated carbocycles. The first-order valence-electron chi connectivity index (χ1n) is 5.21. The highest BCUT2D eigenvalue weighted by Crippen LogP contribution is 2.13. The average molecular weight is 267 g/mol. The van der Waals surface area contributed by atoms with E-state index in [4.69, 9.17) is 16.0 Å². The van der Waals surface area contributed by atoms with Crippen LogP contribution in [0, 0.1) is 0 Å². The van der Waals surface area contributed by atoms with Crippen LogP contribution in [0.1, 0.15) is 16.3 Å². The van der Waals surface area contributed by atoms with E-state index >= 15 is 0 Å². The normalized spacial score (nSPS) is 10.1. The van der Waals surface area contributed by atoms with Gasteiger partial charge in [-0.1, -0.05) is 11.6 Å². The number of carbonyl (C=O) groups excluding carboxylic acids is 1. The SMILES string of the molecule is COC(=O)c1ccc(CNc2ccc(Cl)nc2)o1. The average Bonchev–Trinajstić information content (AvgIpc) is 2.86. The molecule has 2 heterocycles. The smallest absolute Gasteiger partial charge is 0.373 e. The number of hydrogen-bond acceptors (Lipinski definition) is 5. The number of hydrogen-bond donors (Lipinski definition) is 1. The van der Waals surface area contributed by atoms with E-state index in [1.165, 1.54) is 7.11 Å². The number of pyridine rings is 1. The topological polar surface area (TPSA) is 64.4 Å². The summed E-state index contributed by atoms with van der Waals surface area (Å²) in [7, 11) is 1.31. The summed E-state index contributed by atoms with van der Waals surface area (Å²) in [6.07, 6.45) is 1.62. The summed E-state index contributed by atoms with van der Waals surface area (Å²) < 4.78 is 9.85. The summed E-state index contributed by atoms with van der Waals surface area (Å²) in [4.78, 5) is 15.1. The molecule has 0 fully saturated rings. The molecule has 0 aliphatic rings. The molecular formula is C12H11ClN2O3. The summed E-state index contributed by atoms with van der Waals surface area (Å²) in [5.74, 6) is 0.322. The van der Waals surface area contributed by atoms with E-state index in [1.807, 2.05) is 0 Å². The van der Waals surface area contributed by atoms with Gasteiger partial charge in [-0.05, 0) is 24.3 Å². The van der Waals surface area contributed by atoms with Crippen molar-refractivity contribution in [1.82, 2.24) is 4.98 Å². The molecule has 94 valence electrons. The maximum absolute atomic E-state index is 11.2. The van der Waals surface area contributed by atoms with Gasteiger partial charge in [-0.3, -0.25) is 0 Å². The number of methoxy groups -OCH3 is 1. The second kappa shape index (κ2) is 5.55. The first-order valence-corrected chi connectivity index (χ1v) is 5.59. The first kappa shape index (κ1) is 12.4. The molecule has 2 aromatic rings. The highest BCUT2D eigenvalue weighted by Gasteiger charge is 2.10. The lowest BCUT2D eigenvalue weighted by Gasteiger charge is -2.03. The van der Waals surface area contributed by atoms with Crippen molar-refractivity contribution >= 4 is 23.3 Å². The maximum Gasteiger partial charge on any atom is 0.373 e. The molecular weight excluding hydrogens is 256 g/mol. The summed E-state index contributed by atoms with van der Waals surface area (Å²) >= 11 is 5.67. The van der Waals surface area contributed by atoms with Gasteiger partial charge in [0.2, 0.25) is 5.76 Å². The van der Waals surface area contributed by atoms with E-state index in [1.54, 1.807) is 30.5 Å². The third-order valence-corrected chi connectivity index (χ3v) is 2.47. The summed E-state index contributed by atoms with van der Waals surface area (Å²) in [5, 5.41) is 3.53. The number of esters is 1. The minimum absolute atomic E-state index is 0.184. The van der Waals surface area contributed by atoms with Crippen molar-refractivity contribution in [3.8, 4) is 0 Å². The quantitative estimate of drug-likeness (QED) is 0.681. The Hall–Kier alpha value is -2.01. The van der Waals surface area contributed by atoms with E-state index in [-0.39, 0.29) is 5.76 Å². The fourth-order valence-corrected chi connectivity index (χ4v) is 1.46. The van der Waals surface area contributed by atoms with Gasteiger partial charge in [0.1, 0.15) is 10.9 Å². The number of ether oxygens (including phenoxy) is 1. The van der Waals surface area contributed by atoms with Crippen LogP contribution in [0.4, 0.5) is 5.69 Å². The van der Waals surface area contributed by atoms with Gasteiger partial charge >= 0.3 is 5.97 Å². The Morgan fingerprint density at radius 3 is 2.94 bits per heavy atom. The second-order valence-corrected chi connectivity index (χ2v) is 3.87. The molecule has 0 spiro atoms. The van der Waals surface area contributed by atoms with Crippen molar-refractivity contribution in [3.05, 3.63) is 47.1 Å². The number of furan rings is 1. The Morgan fingerprint density at radius 1 is 1.44 bits per heavy atom. The summed E-state index contributed by atoms with van der Waals surface area (Å²) in [6, 6.07) is 6.77. The van der Waals surface area contributed by atoms with Crippen LogP contribution in [-0.4, -0.2) is 18.1 Å². The fourth-order valence-electron chi connectivity index (χ4n) is 1.35. The molecule has 0 aliphatic heterocycles. The van der Waals surface area contributed by atoms with E-state index in [0.717, 1.165) is 5.69 Å². The van der Waals surface area contributed by atoms with Crippen molar-refractivity contribution in [2.24, 2.45) is 0 Å². The van der Waals surface area contributed by atoms with E-state index in [2.05, 4.69) is 15.0 Å². The zero-order valence-corrected chi connectivity index (χ0v) is 10.4. The first-order chi connectivity index (χ1) is 8.69. The largest absolute Gasteiger partial charge is 0.463 e. The lowest BCUT2D eigenvalue weighted by atomic mass is 10.4. The van der Waals surface area contributed by atoms with Crippen LogP contribution in [0.3, 0.4) is 0 Å². The molecule has 1 N–H and O–H groups in total. The van der Waals surface area contributed by atoms with E-state index in [0.29, 0.717) is 17.5 Å². The van der Waals surface area contributed by atoms with Crippen molar-refractivity contribution < 1.29 is 13.9 Å². The van der Waals surface area contributed by atoms with Gasteiger partial charge in [-0.15, -0.1) is 0 Å². The van der Waals surface area contributed by atoms with Crippen molar-refractivity contribution in [2.45, 2.75) is 6.54 Å². The molecule has 0 atom stereocenters. The fraction of sp³-hybridized carbons (Fsp3) is 0.167. The van der Waals surface area contributed by atoms with Crippen molar-refractivity contribution in [1.29, 1.82) is 0 Å². The van der Waals surface area contributed by atoms with Crippen molar-refractivity contribution in [3.63, 3.8) is 0 Å². The molecule has 0 aromatic carbocycles. The number of rotatable bonds is 4. The molecule has 2 rings (SSSR count). The number of nitrogens with zero attached hydrogens (tertiary/aromatic N) is 1. The zero-order chi connectivity index (χ0) is 13.0. The summed E-state index contributed by atoms with van der Waals surface area (Å²) in [6.45, 7) is 0.445. The van der Waals surface area contributed by atoms with Crippen LogP contribution < -0.4 is 5.32 Å². The number of halogens is 1. The Labute approximate surface area is 109 Å². The molecule has 0 bridgehead atoms. The van der Waals surface area contributed by atoms with Crippen LogP contribution in [-0.2, 0) is 11.3 Å². The number of carbonyl (C=O) groups is 1. The Kier molecular flexibility index (Phi) is 3.84. The van der Waals surface area contributed by atoms with Crippen LogP contribution in [0.15, 0.2) is 34.9 Å². The predicted molar refractivity (Wildman–Crippen MR) is 66.6 cm³/mol. The van der Waals surface area contributed by atoms with Gasteiger partial charge in [0.15, 0.2) is 0 Å². The Morgan fingerprint density at radius 2 is 2.28 bits per heavy atom. The van der Waals surface area contributed by atoms with Crippen molar-refractivity contribution in [2.75, 3.05) is 12.4 Å². The molecule has 2 aromatic heterocycles. The predicted octanol–water partition coefficient (Wildman–Crippen LogP) is 2.73. The molecule has 0 aliphatic carbocycles. The minimum atomic E-state index is -0.491. The maximum atomic E-state index is 11.2. The standard InChI is InChI=1S/C12H11ClN2O3/c1-17-12(16)10-4-3-9(18-10)7-14-8-2-5-11(13)15-6-8/h2-6,14H,7H2,1H3. The third kappa shape index (κ3) is 3.01. The van der Waals surface area contributed by atoms with Crippen LogP contribution >= 0.6 is 11.6 Å². The number of nitrogens with one attached hydrogen (secondary N) is 1. The molecule has 0 saturated heterocycles. The molecule has 0 amide bonds. The van der Waals surface area contributed by atoms with Gasteiger partial charge in [0, 0.05) is 0 Å². The van der Waals surface area contributed by atoms with Crippen LogP contribution in [0.2, 0.25) is 5.15 Å². The molecule has 6 heteroatoms. The highest BCUT2D eigenvalue weighted by molar-refractivity contribution is 6.29. The monoisotopic (exact) mass is 266 g/mol. The molecule has 0 unspecified atom stereocenters. The van der Waals surface area contributed by atoms with Crippen LogP contribution in [0.25, 0.3) is 0 Å².